The highest BCUT2D eigenvalue weighted by Gasteiger charge is 2.29. The van der Waals surface area contributed by atoms with Crippen LogP contribution in [0.3, 0.4) is 0 Å². The van der Waals surface area contributed by atoms with Crippen molar-refractivity contribution in [3.05, 3.63) is 36.3 Å². The molecule has 8 heteroatoms. The van der Waals surface area contributed by atoms with Crippen LogP contribution < -0.4 is 15.0 Å². The van der Waals surface area contributed by atoms with E-state index in [1.807, 2.05) is 36.3 Å². The molecule has 27 heavy (non-hydrogen) atoms. The highest BCUT2D eigenvalue weighted by Crippen LogP contribution is 2.30. The molecule has 2 saturated heterocycles. The number of likely N-dealkylation sites (tertiary alicyclic amines) is 1. The Morgan fingerprint density at radius 3 is 2.89 bits per heavy atom. The van der Waals surface area contributed by atoms with Crippen LogP contribution in [0.15, 0.2) is 30.6 Å². The average molecular weight is 370 g/mol. The second-order valence-corrected chi connectivity index (χ2v) is 7.10. The number of amides is 2. The van der Waals surface area contributed by atoms with Crippen LogP contribution >= 0.6 is 0 Å². The van der Waals surface area contributed by atoms with Gasteiger partial charge in [-0.15, -0.1) is 0 Å². The number of anilines is 1. The second-order valence-electron chi connectivity index (χ2n) is 7.10. The van der Waals surface area contributed by atoms with E-state index in [0.717, 1.165) is 36.8 Å². The lowest BCUT2D eigenvalue weighted by molar-refractivity contribution is 0.186. The molecule has 0 bridgehead atoms. The summed E-state index contributed by atoms with van der Waals surface area (Å²) in [5.74, 6) is 1.75. The van der Waals surface area contributed by atoms with Crippen molar-refractivity contribution in [2.75, 3.05) is 31.1 Å². The molecule has 2 aromatic rings. The second kappa shape index (κ2) is 7.85. The van der Waals surface area contributed by atoms with Crippen molar-refractivity contribution >= 4 is 11.8 Å². The van der Waals surface area contributed by atoms with Crippen molar-refractivity contribution in [3.8, 4) is 5.75 Å². The third kappa shape index (κ3) is 3.99. The summed E-state index contributed by atoms with van der Waals surface area (Å²) in [6.45, 7) is 3.81. The fourth-order valence-electron chi connectivity index (χ4n) is 3.68. The molecule has 0 radical (unpaired) electrons. The molecule has 2 aliphatic rings. The molecule has 2 fully saturated rings. The minimum Gasteiger partial charge on any atom is -0.485 e. The van der Waals surface area contributed by atoms with Gasteiger partial charge >= 0.3 is 6.03 Å². The molecule has 0 aromatic carbocycles. The predicted octanol–water partition coefficient (Wildman–Crippen LogP) is 1.78. The van der Waals surface area contributed by atoms with Crippen molar-refractivity contribution in [1.29, 1.82) is 0 Å². The van der Waals surface area contributed by atoms with Crippen LogP contribution in [0.25, 0.3) is 0 Å². The van der Waals surface area contributed by atoms with Crippen LogP contribution in [-0.2, 0) is 13.6 Å². The lowest BCUT2D eigenvalue weighted by atomic mass is 10.3. The Hall–Kier alpha value is -2.77. The number of carbonyl (C=O) groups excluding carboxylic acids is 1. The topological polar surface area (TPSA) is 75.5 Å². The first kappa shape index (κ1) is 17.6. The number of hydrogen-bond donors (Lipinski definition) is 1. The number of nitrogens with zero attached hydrogens (tertiary/aromatic N) is 5. The number of aryl methyl sites for hydroxylation is 1. The molecule has 0 saturated carbocycles. The molecule has 4 rings (SSSR count). The van der Waals surface area contributed by atoms with Crippen molar-refractivity contribution in [1.82, 2.24) is 25.0 Å². The predicted molar refractivity (Wildman–Crippen MR) is 102 cm³/mol. The maximum absolute atomic E-state index is 12.4. The minimum atomic E-state index is -0.0618. The lowest BCUT2D eigenvalue weighted by Gasteiger charge is -2.22. The first-order chi connectivity index (χ1) is 13.2. The number of ether oxygens (including phenoxy) is 1. The van der Waals surface area contributed by atoms with Crippen molar-refractivity contribution in [3.63, 3.8) is 0 Å². The highest BCUT2D eigenvalue weighted by molar-refractivity contribution is 5.74. The summed E-state index contributed by atoms with van der Waals surface area (Å²) in [7, 11) is 1.87. The fourth-order valence-corrected chi connectivity index (χ4v) is 3.68. The summed E-state index contributed by atoms with van der Waals surface area (Å²) in [6, 6.07) is 5.72. The van der Waals surface area contributed by atoms with Gasteiger partial charge in [0, 0.05) is 45.5 Å². The maximum Gasteiger partial charge on any atom is 0.317 e. The molecule has 8 nitrogen and oxygen atoms in total. The molecule has 0 spiro atoms. The van der Waals surface area contributed by atoms with E-state index in [1.165, 1.54) is 12.8 Å². The van der Waals surface area contributed by atoms with Gasteiger partial charge in [-0.25, -0.2) is 9.78 Å². The first-order valence-corrected chi connectivity index (χ1v) is 9.57. The van der Waals surface area contributed by atoms with Crippen LogP contribution in [0, 0.1) is 0 Å². The zero-order valence-corrected chi connectivity index (χ0v) is 15.7. The standard InChI is InChI=1S/C19H26N6O2/c1-23-15(6-9-22-23)13-21-19(26)25-12-7-16(14-25)27-17-5-4-8-20-18(17)24-10-2-3-11-24/h4-6,8-9,16H,2-3,7,10-14H2,1H3,(H,21,26). The number of urea groups is 1. The van der Waals surface area contributed by atoms with Gasteiger partial charge in [-0.2, -0.15) is 5.10 Å². The molecule has 2 amide bonds. The Balaban J connectivity index is 1.32. The molecule has 1 N–H and O–H groups in total. The molecule has 144 valence electrons. The molecule has 2 aromatic heterocycles. The zero-order valence-electron chi connectivity index (χ0n) is 15.7. The number of nitrogens with one attached hydrogen (secondary N) is 1. The van der Waals surface area contributed by atoms with Crippen LogP contribution in [0.4, 0.5) is 10.6 Å². The van der Waals surface area contributed by atoms with Crippen LogP contribution in [-0.4, -0.2) is 58.0 Å². The van der Waals surface area contributed by atoms with Gasteiger partial charge in [0.25, 0.3) is 0 Å². The highest BCUT2D eigenvalue weighted by atomic mass is 16.5. The van der Waals surface area contributed by atoms with Crippen molar-refractivity contribution < 1.29 is 9.53 Å². The first-order valence-electron chi connectivity index (χ1n) is 9.57. The van der Waals surface area contributed by atoms with E-state index >= 15 is 0 Å². The lowest BCUT2D eigenvalue weighted by Crippen LogP contribution is -2.39. The summed E-state index contributed by atoms with van der Waals surface area (Å²) in [5.41, 5.74) is 0.973. The molecular weight excluding hydrogens is 344 g/mol. The fraction of sp³-hybridized carbons (Fsp3) is 0.526. The number of carbonyl (C=O) groups is 1. The van der Waals surface area contributed by atoms with Crippen LogP contribution in [0.2, 0.25) is 0 Å². The quantitative estimate of drug-likeness (QED) is 0.868. The van der Waals surface area contributed by atoms with E-state index in [1.54, 1.807) is 10.9 Å². The summed E-state index contributed by atoms with van der Waals surface area (Å²) in [4.78, 5) is 21.1. The van der Waals surface area contributed by atoms with Gasteiger partial charge in [0.1, 0.15) is 6.10 Å². The van der Waals surface area contributed by atoms with E-state index in [2.05, 4.69) is 20.3 Å². The van der Waals surface area contributed by atoms with Crippen molar-refractivity contribution in [2.24, 2.45) is 7.05 Å². The molecule has 1 unspecified atom stereocenters. The van der Waals surface area contributed by atoms with E-state index in [9.17, 15) is 4.79 Å². The Morgan fingerprint density at radius 2 is 2.11 bits per heavy atom. The van der Waals surface area contributed by atoms with Gasteiger partial charge in [0.15, 0.2) is 11.6 Å². The maximum atomic E-state index is 12.4. The van der Waals surface area contributed by atoms with Crippen LogP contribution in [0.5, 0.6) is 5.75 Å². The largest absolute Gasteiger partial charge is 0.485 e. The Morgan fingerprint density at radius 1 is 1.26 bits per heavy atom. The normalized spacial score (nSPS) is 19.5. The molecule has 0 aliphatic carbocycles. The Labute approximate surface area is 159 Å². The number of hydrogen-bond acceptors (Lipinski definition) is 5. The number of aromatic nitrogens is 3. The average Bonchev–Trinajstić information content (AvgIpc) is 3.43. The van der Waals surface area contributed by atoms with Crippen LogP contribution in [0.1, 0.15) is 25.0 Å². The van der Waals surface area contributed by atoms with Crippen molar-refractivity contribution in [2.45, 2.75) is 31.9 Å². The SMILES string of the molecule is Cn1nccc1CNC(=O)N1CCC(Oc2cccnc2N2CCCC2)C1. The van der Waals surface area contributed by atoms with E-state index in [4.69, 9.17) is 4.74 Å². The summed E-state index contributed by atoms with van der Waals surface area (Å²) >= 11 is 0. The van der Waals surface area contributed by atoms with Gasteiger partial charge in [0.05, 0.1) is 18.8 Å². The van der Waals surface area contributed by atoms with E-state index < -0.39 is 0 Å². The van der Waals surface area contributed by atoms with Gasteiger partial charge < -0.3 is 19.9 Å². The molecule has 2 aliphatic heterocycles. The Kier molecular flexibility index (Phi) is 5.13. The summed E-state index contributed by atoms with van der Waals surface area (Å²) in [6.07, 6.45) is 6.76. The van der Waals surface area contributed by atoms with Gasteiger partial charge in [-0.05, 0) is 31.0 Å². The zero-order chi connectivity index (χ0) is 18.6. The summed E-state index contributed by atoms with van der Waals surface area (Å²) in [5, 5.41) is 7.07. The third-order valence-electron chi connectivity index (χ3n) is 5.23. The summed E-state index contributed by atoms with van der Waals surface area (Å²) < 4.78 is 7.99. The van der Waals surface area contributed by atoms with Gasteiger partial charge in [-0.3, -0.25) is 4.68 Å². The third-order valence-corrected chi connectivity index (χ3v) is 5.23. The van der Waals surface area contributed by atoms with Gasteiger partial charge in [0.2, 0.25) is 0 Å². The number of pyridine rings is 1. The van der Waals surface area contributed by atoms with E-state index in [0.29, 0.717) is 19.6 Å². The molecule has 4 heterocycles. The smallest absolute Gasteiger partial charge is 0.317 e. The number of rotatable bonds is 5. The minimum absolute atomic E-state index is 0.00185. The molecule has 1 atom stereocenters. The molecular formula is C19H26N6O2. The monoisotopic (exact) mass is 370 g/mol. The van der Waals surface area contributed by atoms with E-state index in [-0.39, 0.29) is 12.1 Å². The Bertz CT molecular complexity index is 786. The van der Waals surface area contributed by atoms with Gasteiger partial charge in [-0.1, -0.05) is 0 Å².